The van der Waals surface area contributed by atoms with E-state index >= 15 is 0 Å². The molecule has 5 rings (SSSR count). The van der Waals surface area contributed by atoms with Crippen molar-refractivity contribution < 1.29 is 23.8 Å². The molecule has 1 aromatic heterocycles. The SMILES string of the molecule is CCOc1cc(C2c3c(oc4cc(C)c(C)cc4c3=O)C(=O)N2CCc2ccc(OC)cc2)ccc1O. The van der Waals surface area contributed by atoms with Crippen LogP contribution in [0.3, 0.4) is 0 Å². The Morgan fingerprint density at radius 3 is 2.43 bits per heavy atom. The third-order valence-corrected chi connectivity index (χ3v) is 6.98. The van der Waals surface area contributed by atoms with E-state index in [1.807, 2.05) is 57.2 Å². The van der Waals surface area contributed by atoms with Gasteiger partial charge in [-0.15, -0.1) is 0 Å². The van der Waals surface area contributed by atoms with E-state index in [2.05, 4.69) is 0 Å². The molecule has 37 heavy (non-hydrogen) atoms. The Bertz CT molecular complexity index is 1550. The maximum Gasteiger partial charge on any atom is 0.290 e. The third-order valence-electron chi connectivity index (χ3n) is 6.98. The smallest absolute Gasteiger partial charge is 0.290 e. The number of fused-ring (bicyclic) bond motifs is 2. The Morgan fingerprint density at radius 1 is 1.00 bits per heavy atom. The van der Waals surface area contributed by atoms with Crippen LogP contribution in [-0.4, -0.2) is 36.2 Å². The number of aryl methyl sites for hydroxylation is 2. The summed E-state index contributed by atoms with van der Waals surface area (Å²) in [5.74, 6) is 0.776. The van der Waals surface area contributed by atoms with E-state index in [9.17, 15) is 14.7 Å². The standard InChI is InChI=1S/C30H29NO6/c1-5-36-25-16-20(8-11-23(25)32)27-26-28(33)22-14-17(2)18(3)15-24(22)37-29(26)30(34)31(27)13-12-19-6-9-21(35-4)10-7-19/h6-11,14-16,27,32H,5,12-13H2,1-4H3. The Hall–Kier alpha value is -4.26. The van der Waals surface area contributed by atoms with Crippen LogP contribution in [-0.2, 0) is 6.42 Å². The lowest BCUT2D eigenvalue weighted by molar-refractivity contribution is 0.0729. The minimum atomic E-state index is -0.678. The van der Waals surface area contributed by atoms with Gasteiger partial charge in [0, 0.05) is 6.54 Å². The van der Waals surface area contributed by atoms with Crippen molar-refractivity contribution >= 4 is 16.9 Å². The molecule has 0 saturated heterocycles. The molecule has 1 amide bonds. The van der Waals surface area contributed by atoms with Gasteiger partial charge in [0.25, 0.3) is 5.91 Å². The molecular weight excluding hydrogens is 470 g/mol. The van der Waals surface area contributed by atoms with Gasteiger partial charge < -0.3 is 23.9 Å². The quantitative estimate of drug-likeness (QED) is 0.371. The monoisotopic (exact) mass is 499 g/mol. The van der Waals surface area contributed by atoms with Crippen LogP contribution in [0.2, 0.25) is 0 Å². The van der Waals surface area contributed by atoms with Gasteiger partial charge in [0.1, 0.15) is 11.3 Å². The summed E-state index contributed by atoms with van der Waals surface area (Å²) in [5, 5.41) is 10.7. The highest BCUT2D eigenvalue weighted by Crippen LogP contribution is 2.41. The largest absolute Gasteiger partial charge is 0.504 e. The maximum absolute atomic E-state index is 13.8. The summed E-state index contributed by atoms with van der Waals surface area (Å²) in [6.07, 6.45) is 0.572. The first-order valence-electron chi connectivity index (χ1n) is 12.3. The van der Waals surface area contributed by atoms with Gasteiger partial charge in [0.05, 0.1) is 30.7 Å². The number of methoxy groups -OCH3 is 1. The van der Waals surface area contributed by atoms with E-state index in [-0.39, 0.29) is 22.8 Å². The van der Waals surface area contributed by atoms with Crippen molar-refractivity contribution in [1.29, 1.82) is 0 Å². The molecule has 1 atom stereocenters. The Kier molecular flexibility index (Phi) is 6.38. The van der Waals surface area contributed by atoms with E-state index < -0.39 is 6.04 Å². The predicted molar refractivity (Wildman–Crippen MR) is 141 cm³/mol. The minimum absolute atomic E-state index is 0.00317. The first kappa shape index (κ1) is 24.4. The molecule has 3 aromatic carbocycles. The Balaban J connectivity index is 1.64. The molecule has 1 aliphatic rings. The molecule has 0 bridgehead atoms. The number of carbonyl (C=O) groups is 1. The van der Waals surface area contributed by atoms with E-state index in [4.69, 9.17) is 13.9 Å². The van der Waals surface area contributed by atoms with Gasteiger partial charge in [-0.25, -0.2) is 0 Å². The number of aromatic hydroxyl groups is 1. The van der Waals surface area contributed by atoms with Gasteiger partial charge in [-0.05, 0) is 85.8 Å². The molecule has 0 aliphatic carbocycles. The molecule has 4 aromatic rings. The summed E-state index contributed by atoms with van der Waals surface area (Å²) < 4.78 is 17.0. The van der Waals surface area contributed by atoms with Crippen molar-refractivity contribution in [2.75, 3.05) is 20.3 Å². The molecule has 190 valence electrons. The summed E-state index contributed by atoms with van der Waals surface area (Å²) >= 11 is 0. The number of rotatable bonds is 7. The van der Waals surface area contributed by atoms with Gasteiger partial charge in [-0.1, -0.05) is 18.2 Å². The van der Waals surface area contributed by atoms with E-state index in [0.29, 0.717) is 47.4 Å². The van der Waals surface area contributed by atoms with Crippen LogP contribution in [0.25, 0.3) is 11.0 Å². The molecule has 1 aliphatic heterocycles. The fourth-order valence-corrected chi connectivity index (χ4v) is 4.87. The first-order chi connectivity index (χ1) is 17.8. The van der Waals surface area contributed by atoms with Crippen molar-refractivity contribution in [3.05, 3.63) is 98.4 Å². The number of benzene rings is 3. The molecule has 0 radical (unpaired) electrons. The summed E-state index contributed by atoms with van der Waals surface area (Å²) in [7, 11) is 1.62. The minimum Gasteiger partial charge on any atom is -0.504 e. The number of hydrogen-bond donors (Lipinski definition) is 1. The van der Waals surface area contributed by atoms with Crippen LogP contribution < -0.4 is 14.9 Å². The van der Waals surface area contributed by atoms with Gasteiger partial charge in [0.2, 0.25) is 5.76 Å². The van der Waals surface area contributed by atoms with Gasteiger partial charge >= 0.3 is 0 Å². The van der Waals surface area contributed by atoms with Crippen molar-refractivity contribution in [1.82, 2.24) is 4.90 Å². The van der Waals surface area contributed by atoms with Crippen molar-refractivity contribution in [3.8, 4) is 17.2 Å². The molecule has 7 heteroatoms. The van der Waals surface area contributed by atoms with E-state index in [1.54, 1.807) is 24.1 Å². The van der Waals surface area contributed by atoms with Crippen LogP contribution in [0, 0.1) is 13.8 Å². The molecule has 1 unspecified atom stereocenters. The topological polar surface area (TPSA) is 89.2 Å². The number of ether oxygens (including phenoxy) is 2. The molecular formula is C30H29NO6. The maximum atomic E-state index is 13.8. The van der Waals surface area contributed by atoms with Crippen molar-refractivity contribution in [2.45, 2.75) is 33.2 Å². The second-order valence-electron chi connectivity index (χ2n) is 9.27. The summed E-state index contributed by atoms with van der Waals surface area (Å²) in [5.41, 5.74) is 4.13. The molecule has 0 spiro atoms. The Morgan fingerprint density at radius 2 is 1.73 bits per heavy atom. The normalized spacial score (nSPS) is 14.8. The molecule has 0 saturated carbocycles. The van der Waals surface area contributed by atoms with E-state index in [1.165, 1.54) is 6.07 Å². The molecule has 7 nitrogen and oxygen atoms in total. The fraction of sp³-hybridized carbons (Fsp3) is 0.267. The number of nitrogens with zero attached hydrogens (tertiary/aromatic N) is 1. The van der Waals surface area contributed by atoms with Crippen molar-refractivity contribution in [2.24, 2.45) is 0 Å². The average Bonchev–Trinajstić information content (AvgIpc) is 3.17. The molecule has 0 fully saturated rings. The second-order valence-corrected chi connectivity index (χ2v) is 9.27. The number of phenolic OH excluding ortho intramolecular Hbond substituents is 1. The highest BCUT2D eigenvalue weighted by Gasteiger charge is 2.42. The zero-order valence-electron chi connectivity index (χ0n) is 21.3. The van der Waals surface area contributed by atoms with Gasteiger partial charge in [0.15, 0.2) is 16.9 Å². The summed E-state index contributed by atoms with van der Waals surface area (Å²) in [6.45, 7) is 6.44. The van der Waals surface area contributed by atoms with Gasteiger partial charge in [-0.2, -0.15) is 0 Å². The number of carbonyl (C=O) groups excluding carboxylic acids is 1. The van der Waals surface area contributed by atoms with Crippen LogP contribution in [0.4, 0.5) is 0 Å². The first-order valence-corrected chi connectivity index (χ1v) is 12.3. The summed E-state index contributed by atoms with van der Waals surface area (Å²) in [4.78, 5) is 29.2. The van der Waals surface area contributed by atoms with Crippen LogP contribution in [0.15, 0.2) is 63.8 Å². The highest BCUT2D eigenvalue weighted by molar-refractivity contribution is 5.99. The highest BCUT2D eigenvalue weighted by atomic mass is 16.5. The van der Waals surface area contributed by atoms with Crippen LogP contribution >= 0.6 is 0 Å². The fourth-order valence-electron chi connectivity index (χ4n) is 4.87. The zero-order chi connectivity index (χ0) is 26.3. The van der Waals surface area contributed by atoms with E-state index in [0.717, 1.165) is 22.4 Å². The number of hydrogen-bond acceptors (Lipinski definition) is 6. The Labute approximate surface area is 214 Å². The lowest BCUT2D eigenvalue weighted by atomic mass is 9.97. The molecule has 1 N–H and O–H groups in total. The lowest BCUT2D eigenvalue weighted by Crippen LogP contribution is -2.31. The number of phenols is 1. The second kappa shape index (κ2) is 9.65. The lowest BCUT2D eigenvalue weighted by Gasteiger charge is -2.25. The zero-order valence-corrected chi connectivity index (χ0v) is 21.3. The predicted octanol–water partition coefficient (Wildman–Crippen LogP) is 5.31. The van der Waals surface area contributed by atoms with Crippen molar-refractivity contribution in [3.63, 3.8) is 0 Å². The van der Waals surface area contributed by atoms with Crippen LogP contribution in [0.5, 0.6) is 17.2 Å². The number of amides is 1. The third kappa shape index (κ3) is 4.31. The average molecular weight is 500 g/mol. The van der Waals surface area contributed by atoms with Gasteiger partial charge in [-0.3, -0.25) is 9.59 Å². The van der Waals surface area contributed by atoms with Crippen LogP contribution in [0.1, 0.15) is 51.3 Å². The summed E-state index contributed by atoms with van der Waals surface area (Å²) in [6, 6.07) is 15.6. The molecule has 2 heterocycles.